The van der Waals surface area contributed by atoms with E-state index >= 15 is 0 Å². The molecule has 0 N–H and O–H groups in total. The molecule has 0 radical (unpaired) electrons. The van der Waals surface area contributed by atoms with E-state index in [0.717, 1.165) is 42.0 Å². The molecule has 3 nitrogen and oxygen atoms in total. The largest absolute Gasteiger partial charge is 0.383 e. The van der Waals surface area contributed by atoms with Crippen LogP contribution in [0.4, 0.5) is 10.1 Å². The molecule has 3 rings (SSSR count). The number of halogens is 2. The fourth-order valence-electron chi connectivity index (χ4n) is 2.92. The number of benzene rings is 2. The SMILES string of the molecule is COCCN1CN(Cc2ccc(Br)cc2)Cc2ccc(F)cc21. The van der Waals surface area contributed by atoms with E-state index in [1.165, 1.54) is 11.6 Å². The van der Waals surface area contributed by atoms with Crippen molar-refractivity contribution in [3.05, 3.63) is 63.9 Å². The Bertz CT molecular complexity index is 663. The van der Waals surface area contributed by atoms with Gasteiger partial charge in [0.05, 0.1) is 13.3 Å². The fraction of sp³-hybridized carbons (Fsp3) is 0.333. The van der Waals surface area contributed by atoms with E-state index in [1.54, 1.807) is 13.2 Å². The Balaban J connectivity index is 1.78. The molecule has 2 aromatic carbocycles. The summed E-state index contributed by atoms with van der Waals surface area (Å²) in [5.41, 5.74) is 3.41. The Morgan fingerprint density at radius 1 is 1.17 bits per heavy atom. The minimum Gasteiger partial charge on any atom is -0.383 e. The second-order valence-electron chi connectivity index (χ2n) is 5.78. The lowest BCUT2D eigenvalue weighted by atomic mass is 10.1. The molecule has 0 unspecified atom stereocenters. The first kappa shape index (κ1) is 16.4. The minimum absolute atomic E-state index is 0.187. The van der Waals surface area contributed by atoms with E-state index < -0.39 is 0 Å². The molecule has 0 saturated carbocycles. The highest BCUT2D eigenvalue weighted by Gasteiger charge is 2.22. The summed E-state index contributed by atoms with van der Waals surface area (Å²) in [5.74, 6) is -0.187. The average molecular weight is 379 g/mol. The zero-order valence-corrected chi connectivity index (χ0v) is 14.7. The lowest BCUT2D eigenvalue weighted by Crippen LogP contribution is -2.43. The molecule has 0 amide bonds. The maximum Gasteiger partial charge on any atom is 0.125 e. The topological polar surface area (TPSA) is 15.7 Å². The van der Waals surface area contributed by atoms with Crippen LogP contribution < -0.4 is 4.90 Å². The molecule has 1 aliphatic heterocycles. The van der Waals surface area contributed by atoms with Gasteiger partial charge in [0.2, 0.25) is 0 Å². The summed E-state index contributed by atoms with van der Waals surface area (Å²) in [6.07, 6.45) is 0. The normalized spacial score (nSPS) is 14.8. The number of hydrogen-bond acceptors (Lipinski definition) is 3. The van der Waals surface area contributed by atoms with Crippen LogP contribution in [0.3, 0.4) is 0 Å². The smallest absolute Gasteiger partial charge is 0.125 e. The maximum absolute atomic E-state index is 13.6. The molecule has 0 saturated heterocycles. The van der Waals surface area contributed by atoms with Gasteiger partial charge in [0.25, 0.3) is 0 Å². The summed E-state index contributed by atoms with van der Waals surface area (Å²) in [6.45, 7) is 3.85. The third-order valence-electron chi connectivity index (χ3n) is 4.04. The number of methoxy groups -OCH3 is 1. The van der Waals surface area contributed by atoms with Crippen molar-refractivity contribution in [1.29, 1.82) is 0 Å². The molecule has 0 bridgehead atoms. The predicted molar refractivity (Wildman–Crippen MR) is 93.9 cm³/mol. The van der Waals surface area contributed by atoms with Gasteiger partial charge in [-0.15, -0.1) is 0 Å². The van der Waals surface area contributed by atoms with Crippen LogP contribution in [0, 0.1) is 5.82 Å². The molecule has 0 aliphatic carbocycles. The van der Waals surface area contributed by atoms with Crippen LogP contribution >= 0.6 is 15.9 Å². The molecule has 122 valence electrons. The summed E-state index contributed by atoms with van der Waals surface area (Å²) in [4.78, 5) is 4.55. The highest BCUT2D eigenvalue weighted by Crippen LogP contribution is 2.29. The molecule has 1 heterocycles. The quantitative estimate of drug-likeness (QED) is 0.781. The van der Waals surface area contributed by atoms with Crippen LogP contribution in [-0.4, -0.2) is 31.8 Å². The Labute approximate surface area is 144 Å². The molecular formula is C18H20BrFN2O. The van der Waals surface area contributed by atoms with Gasteiger partial charge in [0.1, 0.15) is 5.82 Å². The number of rotatable bonds is 5. The Morgan fingerprint density at radius 2 is 1.96 bits per heavy atom. The van der Waals surface area contributed by atoms with Gasteiger partial charge in [-0.3, -0.25) is 4.90 Å². The summed E-state index contributed by atoms with van der Waals surface area (Å²) >= 11 is 3.47. The van der Waals surface area contributed by atoms with Crippen LogP contribution in [0.2, 0.25) is 0 Å². The van der Waals surface area contributed by atoms with Crippen molar-refractivity contribution >= 4 is 21.6 Å². The van der Waals surface area contributed by atoms with Crippen molar-refractivity contribution < 1.29 is 9.13 Å². The zero-order valence-electron chi connectivity index (χ0n) is 13.1. The van der Waals surface area contributed by atoms with Crippen LogP contribution in [0.5, 0.6) is 0 Å². The Hall–Kier alpha value is -1.43. The number of fused-ring (bicyclic) bond motifs is 1. The Kier molecular flexibility index (Phi) is 5.30. The highest BCUT2D eigenvalue weighted by molar-refractivity contribution is 9.10. The fourth-order valence-corrected chi connectivity index (χ4v) is 3.18. The summed E-state index contributed by atoms with van der Waals surface area (Å²) in [6, 6.07) is 13.4. The second-order valence-corrected chi connectivity index (χ2v) is 6.70. The van der Waals surface area contributed by atoms with Crippen LogP contribution in [0.25, 0.3) is 0 Å². The van der Waals surface area contributed by atoms with E-state index in [1.807, 2.05) is 6.07 Å². The standard InChI is InChI=1S/C18H20BrFN2O/c1-23-9-8-22-13-21(11-14-2-5-16(19)6-3-14)12-15-4-7-17(20)10-18(15)22/h2-7,10H,8-9,11-13H2,1H3. The van der Waals surface area contributed by atoms with Crippen LogP contribution in [0.1, 0.15) is 11.1 Å². The lowest BCUT2D eigenvalue weighted by Gasteiger charge is -2.38. The molecule has 5 heteroatoms. The molecule has 0 aromatic heterocycles. The molecule has 0 fully saturated rings. The van der Waals surface area contributed by atoms with E-state index in [2.05, 4.69) is 50.0 Å². The van der Waals surface area contributed by atoms with Gasteiger partial charge >= 0.3 is 0 Å². The molecular weight excluding hydrogens is 359 g/mol. The highest BCUT2D eigenvalue weighted by atomic mass is 79.9. The van der Waals surface area contributed by atoms with Gasteiger partial charge in [-0.25, -0.2) is 4.39 Å². The number of anilines is 1. The van der Waals surface area contributed by atoms with Gasteiger partial charge in [-0.2, -0.15) is 0 Å². The van der Waals surface area contributed by atoms with Gasteiger partial charge in [0.15, 0.2) is 0 Å². The minimum atomic E-state index is -0.187. The first-order valence-electron chi connectivity index (χ1n) is 7.65. The maximum atomic E-state index is 13.6. The molecule has 2 aromatic rings. The van der Waals surface area contributed by atoms with Crippen molar-refractivity contribution in [2.45, 2.75) is 13.1 Å². The van der Waals surface area contributed by atoms with E-state index in [-0.39, 0.29) is 5.82 Å². The van der Waals surface area contributed by atoms with Crippen molar-refractivity contribution in [3.8, 4) is 0 Å². The molecule has 1 aliphatic rings. The van der Waals surface area contributed by atoms with E-state index in [9.17, 15) is 4.39 Å². The van der Waals surface area contributed by atoms with Gasteiger partial charge in [0, 0.05) is 36.9 Å². The summed E-state index contributed by atoms with van der Waals surface area (Å²) in [7, 11) is 1.69. The molecule has 23 heavy (non-hydrogen) atoms. The number of ether oxygens (including phenoxy) is 1. The third-order valence-corrected chi connectivity index (χ3v) is 4.57. The van der Waals surface area contributed by atoms with Crippen molar-refractivity contribution in [1.82, 2.24) is 4.90 Å². The summed E-state index contributed by atoms with van der Waals surface area (Å²) in [5, 5.41) is 0. The van der Waals surface area contributed by atoms with E-state index in [0.29, 0.717) is 6.61 Å². The van der Waals surface area contributed by atoms with Crippen LogP contribution in [-0.2, 0) is 17.8 Å². The van der Waals surface area contributed by atoms with Gasteiger partial charge in [-0.1, -0.05) is 34.1 Å². The summed E-state index contributed by atoms with van der Waals surface area (Å²) < 4.78 is 19.9. The first-order chi connectivity index (χ1) is 11.2. The third kappa shape index (κ3) is 4.10. The van der Waals surface area contributed by atoms with Gasteiger partial charge in [-0.05, 0) is 35.4 Å². The molecule has 0 spiro atoms. The monoisotopic (exact) mass is 378 g/mol. The lowest BCUT2D eigenvalue weighted by molar-refractivity contribution is 0.190. The van der Waals surface area contributed by atoms with Crippen molar-refractivity contribution in [3.63, 3.8) is 0 Å². The zero-order chi connectivity index (χ0) is 16.2. The average Bonchev–Trinajstić information content (AvgIpc) is 2.55. The van der Waals surface area contributed by atoms with Gasteiger partial charge < -0.3 is 9.64 Å². The molecule has 0 atom stereocenters. The van der Waals surface area contributed by atoms with Crippen molar-refractivity contribution in [2.24, 2.45) is 0 Å². The van der Waals surface area contributed by atoms with E-state index in [4.69, 9.17) is 4.74 Å². The van der Waals surface area contributed by atoms with Crippen LogP contribution in [0.15, 0.2) is 46.9 Å². The number of nitrogens with zero attached hydrogens (tertiary/aromatic N) is 2. The number of hydrogen-bond donors (Lipinski definition) is 0. The predicted octanol–water partition coefficient (Wildman–Crippen LogP) is 4.01. The second kappa shape index (κ2) is 7.43. The van der Waals surface area contributed by atoms with Crippen molar-refractivity contribution in [2.75, 3.05) is 31.8 Å². The first-order valence-corrected chi connectivity index (χ1v) is 8.44. The Morgan fingerprint density at radius 3 is 2.70 bits per heavy atom.